The Hall–Kier alpha value is -2.74. The van der Waals surface area contributed by atoms with Gasteiger partial charge >= 0.3 is 6.18 Å². The first-order chi connectivity index (χ1) is 13.1. The van der Waals surface area contributed by atoms with Gasteiger partial charge in [-0.25, -0.2) is 0 Å². The first-order valence-electron chi connectivity index (χ1n) is 8.78. The van der Waals surface area contributed by atoms with Crippen molar-refractivity contribution in [1.82, 2.24) is 4.90 Å². The van der Waals surface area contributed by atoms with E-state index in [0.29, 0.717) is 5.56 Å². The van der Waals surface area contributed by atoms with Gasteiger partial charge in [-0.1, -0.05) is 6.07 Å². The summed E-state index contributed by atoms with van der Waals surface area (Å²) >= 11 is 0. The van der Waals surface area contributed by atoms with Crippen molar-refractivity contribution in [1.29, 1.82) is 0 Å². The molecule has 152 valence electrons. The summed E-state index contributed by atoms with van der Waals surface area (Å²) in [6.45, 7) is 1.68. The summed E-state index contributed by atoms with van der Waals surface area (Å²) in [5.74, 6) is -0.474. The fourth-order valence-corrected chi connectivity index (χ4v) is 2.66. The number of hydrogen-bond donors (Lipinski definition) is 2. The molecule has 0 spiro atoms. The number of nitrogens with one attached hydrogen (secondary N) is 2. The van der Waals surface area contributed by atoms with E-state index in [0.717, 1.165) is 36.6 Å². The number of carbonyl (C=O) groups excluding carboxylic acids is 1. The van der Waals surface area contributed by atoms with E-state index in [1.165, 1.54) is 12.1 Å². The van der Waals surface area contributed by atoms with Gasteiger partial charge in [0.2, 0.25) is 0 Å². The van der Waals surface area contributed by atoms with Gasteiger partial charge in [-0.15, -0.1) is 0 Å². The molecule has 2 N–H and O–H groups in total. The number of halogens is 3. The van der Waals surface area contributed by atoms with Crippen LogP contribution in [0.5, 0.6) is 0 Å². The maximum absolute atomic E-state index is 12.8. The van der Waals surface area contributed by atoms with Gasteiger partial charge in [-0.3, -0.25) is 4.79 Å². The van der Waals surface area contributed by atoms with E-state index >= 15 is 0 Å². The largest absolute Gasteiger partial charge is 0.416 e. The number of hydrogen-bond acceptors (Lipinski definition) is 4. The molecule has 0 unspecified atom stereocenters. The Morgan fingerprint density at radius 2 is 1.75 bits per heavy atom. The van der Waals surface area contributed by atoms with Crippen LogP contribution in [0.15, 0.2) is 42.5 Å². The lowest BCUT2D eigenvalue weighted by Gasteiger charge is -2.24. The lowest BCUT2D eigenvalue weighted by atomic mass is 10.1. The second-order valence-corrected chi connectivity index (χ2v) is 6.74. The van der Waals surface area contributed by atoms with Crippen LogP contribution < -0.4 is 15.5 Å². The van der Waals surface area contributed by atoms with Crippen LogP contribution in [0.2, 0.25) is 0 Å². The summed E-state index contributed by atoms with van der Waals surface area (Å²) in [7, 11) is 7.71. The monoisotopic (exact) mass is 394 g/mol. The van der Waals surface area contributed by atoms with Gasteiger partial charge in [0.15, 0.2) is 0 Å². The van der Waals surface area contributed by atoms with Gasteiger partial charge in [0, 0.05) is 38.4 Å². The van der Waals surface area contributed by atoms with Crippen molar-refractivity contribution in [3.05, 3.63) is 53.6 Å². The Labute approximate surface area is 163 Å². The maximum atomic E-state index is 12.8. The number of amides is 1. The van der Waals surface area contributed by atoms with E-state index in [4.69, 9.17) is 0 Å². The molecule has 0 aliphatic heterocycles. The van der Waals surface area contributed by atoms with Crippen molar-refractivity contribution in [2.24, 2.45) is 0 Å². The smallest absolute Gasteiger partial charge is 0.386 e. The minimum Gasteiger partial charge on any atom is -0.386 e. The van der Waals surface area contributed by atoms with Gasteiger partial charge in [0.1, 0.15) is 0 Å². The topological polar surface area (TPSA) is 47.6 Å². The summed E-state index contributed by atoms with van der Waals surface area (Å²) in [4.78, 5) is 16.6. The summed E-state index contributed by atoms with van der Waals surface area (Å²) in [6, 6.07) is 9.74. The molecule has 2 rings (SSSR count). The summed E-state index contributed by atoms with van der Waals surface area (Å²) < 4.78 is 38.5. The number of alkyl halides is 3. The van der Waals surface area contributed by atoms with Crippen LogP contribution in [0.1, 0.15) is 15.9 Å². The molecule has 0 radical (unpaired) electrons. The Bertz CT molecular complexity index is 821. The highest BCUT2D eigenvalue weighted by molar-refractivity contribution is 6.05. The van der Waals surface area contributed by atoms with E-state index in [-0.39, 0.29) is 5.69 Å². The maximum Gasteiger partial charge on any atom is 0.416 e. The predicted molar refractivity (Wildman–Crippen MR) is 107 cm³/mol. The standard InChI is InChI=1S/C20H25F3N4O/c1-24-17-12-14(8-9-18(17)27(4)11-10-26(2)3)19(28)25-16-7-5-6-15(13-16)20(21,22)23/h5-9,12-13,24H,10-11H2,1-4H3,(H,25,28). The van der Waals surface area contributed by atoms with Crippen molar-refractivity contribution >= 4 is 23.0 Å². The van der Waals surface area contributed by atoms with E-state index < -0.39 is 17.6 Å². The summed E-state index contributed by atoms with van der Waals surface area (Å²) in [6.07, 6.45) is -4.46. The average Bonchev–Trinajstić information content (AvgIpc) is 2.65. The molecule has 0 heterocycles. The molecule has 0 aromatic heterocycles. The van der Waals surface area contributed by atoms with Gasteiger partial charge in [0.25, 0.3) is 5.91 Å². The van der Waals surface area contributed by atoms with Crippen LogP contribution in [-0.4, -0.2) is 52.1 Å². The molecular formula is C20H25F3N4O. The number of nitrogens with zero attached hydrogens (tertiary/aromatic N) is 2. The highest BCUT2D eigenvalue weighted by atomic mass is 19.4. The van der Waals surface area contributed by atoms with Crippen LogP contribution in [0.3, 0.4) is 0 Å². The van der Waals surface area contributed by atoms with Crippen LogP contribution >= 0.6 is 0 Å². The first-order valence-corrected chi connectivity index (χ1v) is 8.78. The van der Waals surface area contributed by atoms with Crippen molar-refractivity contribution in [2.45, 2.75) is 6.18 Å². The second kappa shape index (κ2) is 8.97. The molecule has 0 aliphatic carbocycles. The van der Waals surface area contributed by atoms with E-state index in [1.54, 1.807) is 19.2 Å². The molecular weight excluding hydrogens is 369 g/mol. The minimum atomic E-state index is -4.46. The summed E-state index contributed by atoms with van der Waals surface area (Å²) in [5, 5.41) is 5.59. The molecule has 0 saturated carbocycles. The molecule has 8 heteroatoms. The number of likely N-dealkylation sites (N-methyl/N-ethyl adjacent to an activating group) is 2. The van der Waals surface area contributed by atoms with E-state index in [9.17, 15) is 18.0 Å². The zero-order chi connectivity index (χ0) is 20.9. The van der Waals surface area contributed by atoms with Crippen LogP contribution in [0, 0.1) is 0 Å². The van der Waals surface area contributed by atoms with Gasteiger partial charge < -0.3 is 20.4 Å². The van der Waals surface area contributed by atoms with Crippen LogP contribution in [-0.2, 0) is 6.18 Å². The third kappa shape index (κ3) is 5.63. The third-order valence-corrected chi connectivity index (χ3v) is 4.27. The molecule has 28 heavy (non-hydrogen) atoms. The van der Waals surface area contributed by atoms with Crippen molar-refractivity contribution < 1.29 is 18.0 Å². The molecule has 2 aromatic carbocycles. The molecule has 0 fully saturated rings. The van der Waals surface area contributed by atoms with Crippen molar-refractivity contribution in [2.75, 3.05) is 56.8 Å². The third-order valence-electron chi connectivity index (χ3n) is 4.27. The highest BCUT2D eigenvalue weighted by Gasteiger charge is 2.30. The lowest BCUT2D eigenvalue weighted by molar-refractivity contribution is -0.137. The van der Waals surface area contributed by atoms with Crippen LogP contribution in [0.25, 0.3) is 0 Å². The van der Waals surface area contributed by atoms with Crippen molar-refractivity contribution in [3.8, 4) is 0 Å². The van der Waals surface area contributed by atoms with E-state index in [1.807, 2.05) is 27.2 Å². The molecule has 5 nitrogen and oxygen atoms in total. The fourth-order valence-electron chi connectivity index (χ4n) is 2.66. The fraction of sp³-hybridized carbons (Fsp3) is 0.350. The zero-order valence-electron chi connectivity index (χ0n) is 16.4. The zero-order valence-corrected chi connectivity index (χ0v) is 16.4. The number of benzene rings is 2. The lowest BCUT2D eigenvalue weighted by Crippen LogP contribution is -2.29. The second-order valence-electron chi connectivity index (χ2n) is 6.74. The molecule has 2 aromatic rings. The number of anilines is 3. The Balaban J connectivity index is 2.18. The van der Waals surface area contributed by atoms with Gasteiger partial charge in [-0.2, -0.15) is 13.2 Å². The highest BCUT2D eigenvalue weighted by Crippen LogP contribution is 2.31. The quantitative estimate of drug-likeness (QED) is 0.745. The molecule has 1 amide bonds. The molecule has 0 aliphatic rings. The van der Waals surface area contributed by atoms with Crippen molar-refractivity contribution in [3.63, 3.8) is 0 Å². The molecule has 0 saturated heterocycles. The average molecular weight is 394 g/mol. The van der Waals surface area contributed by atoms with Gasteiger partial charge in [-0.05, 0) is 50.5 Å². The Morgan fingerprint density at radius 3 is 2.36 bits per heavy atom. The van der Waals surface area contributed by atoms with Crippen LogP contribution in [0.4, 0.5) is 30.2 Å². The summed E-state index contributed by atoms with van der Waals surface area (Å²) in [5.41, 5.74) is 1.33. The Kier molecular flexibility index (Phi) is 6.90. The van der Waals surface area contributed by atoms with E-state index in [2.05, 4.69) is 20.4 Å². The molecule has 0 bridgehead atoms. The SMILES string of the molecule is CNc1cc(C(=O)Nc2cccc(C(F)(F)F)c2)ccc1N(C)CCN(C)C. The number of rotatable bonds is 7. The Morgan fingerprint density at radius 1 is 1.04 bits per heavy atom. The minimum absolute atomic E-state index is 0.0954. The predicted octanol–water partition coefficient (Wildman–Crippen LogP) is 4.00. The molecule has 0 atom stereocenters. The first kappa shape index (κ1) is 21.6. The number of carbonyl (C=O) groups is 1. The van der Waals surface area contributed by atoms with Gasteiger partial charge in [0.05, 0.1) is 16.9 Å². The normalized spacial score (nSPS) is 11.4.